The molecule has 1 unspecified atom stereocenters. The SMILES string of the molecule is CNC(CC1CCCCC1)c1cscc1C. The molecule has 2 heteroatoms. The van der Waals surface area contributed by atoms with Crippen molar-refractivity contribution in [2.75, 3.05) is 7.05 Å². The number of nitrogens with one attached hydrogen (secondary N) is 1. The Hall–Kier alpha value is -0.340. The summed E-state index contributed by atoms with van der Waals surface area (Å²) >= 11 is 1.83. The first-order chi connectivity index (χ1) is 7.81. The Kier molecular flexibility index (Phi) is 4.42. The Labute approximate surface area is 103 Å². The van der Waals surface area contributed by atoms with Crippen LogP contribution in [0, 0.1) is 12.8 Å². The first kappa shape index (κ1) is 12.1. The molecule has 0 aliphatic heterocycles. The van der Waals surface area contributed by atoms with Gasteiger partial charge in [0.25, 0.3) is 0 Å². The predicted octanol–water partition coefficient (Wildman–Crippen LogP) is 4.29. The van der Waals surface area contributed by atoms with E-state index >= 15 is 0 Å². The van der Waals surface area contributed by atoms with Gasteiger partial charge in [-0.3, -0.25) is 0 Å². The van der Waals surface area contributed by atoms with E-state index in [-0.39, 0.29) is 0 Å². The van der Waals surface area contributed by atoms with Crippen molar-refractivity contribution in [1.82, 2.24) is 5.32 Å². The molecule has 1 fully saturated rings. The van der Waals surface area contributed by atoms with Crippen LogP contribution in [0.2, 0.25) is 0 Å². The van der Waals surface area contributed by atoms with Gasteiger partial charge >= 0.3 is 0 Å². The molecule has 0 bridgehead atoms. The minimum absolute atomic E-state index is 0.578. The highest BCUT2D eigenvalue weighted by molar-refractivity contribution is 7.08. The maximum absolute atomic E-state index is 3.50. The van der Waals surface area contributed by atoms with E-state index in [2.05, 4.69) is 30.0 Å². The normalized spacial score (nSPS) is 19.9. The lowest BCUT2D eigenvalue weighted by atomic mass is 9.83. The Morgan fingerprint density at radius 1 is 1.31 bits per heavy atom. The van der Waals surface area contributed by atoms with Gasteiger partial charge in [-0.1, -0.05) is 32.1 Å². The van der Waals surface area contributed by atoms with Gasteiger partial charge in [0.15, 0.2) is 0 Å². The van der Waals surface area contributed by atoms with Crippen LogP contribution in [0.25, 0.3) is 0 Å². The fourth-order valence-electron chi connectivity index (χ4n) is 2.88. The van der Waals surface area contributed by atoms with Crippen LogP contribution < -0.4 is 5.32 Å². The Morgan fingerprint density at radius 3 is 2.62 bits per heavy atom. The number of rotatable bonds is 4. The standard InChI is InChI=1S/C14H23NS/c1-11-9-16-10-13(11)14(15-2)8-12-6-4-3-5-7-12/h9-10,12,14-15H,3-8H2,1-2H3. The summed E-state index contributed by atoms with van der Waals surface area (Å²) in [6, 6.07) is 0.578. The van der Waals surface area contributed by atoms with Crippen molar-refractivity contribution in [2.24, 2.45) is 5.92 Å². The molecule has 0 saturated heterocycles. The molecule has 1 aromatic rings. The predicted molar refractivity (Wildman–Crippen MR) is 72.0 cm³/mol. The summed E-state index contributed by atoms with van der Waals surface area (Å²) in [5.41, 5.74) is 2.98. The van der Waals surface area contributed by atoms with Crippen LogP contribution in [0.4, 0.5) is 0 Å². The van der Waals surface area contributed by atoms with Gasteiger partial charge in [-0.25, -0.2) is 0 Å². The highest BCUT2D eigenvalue weighted by Gasteiger charge is 2.20. The smallest absolute Gasteiger partial charge is 0.0331 e. The minimum Gasteiger partial charge on any atom is -0.313 e. The van der Waals surface area contributed by atoms with Gasteiger partial charge in [0.1, 0.15) is 0 Å². The monoisotopic (exact) mass is 237 g/mol. The number of hydrogen-bond acceptors (Lipinski definition) is 2. The van der Waals surface area contributed by atoms with Crippen LogP contribution in [0.5, 0.6) is 0 Å². The fourth-order valence-corrected chi connectivity index (χ4v) is 3.79. The van der Waals surface area contributed by atoms with Crippen molar-refractivity contribution in [3.05, 3.63) is 21.9 Å². The van der Waals surface area contributed by atoms with E-state index in [9.17, 15) is 0 Å². The summed E-state index contributed by atoms with van der Waals surface area (Å²) in [5.74, 6) is 0.950. The lowest BCUT2D eigenvalue weighted by Crippen LogP contribution is -2.21. The molecule has 1 N–H and O–H groups in total. The average molecular weight is 237 g/mol. The van der Waals surface area contributed by atoms with Crippen molar-refractivity contribution >= 4 is 11.3 Å². The van der Waals surface area contributed by atoms with Gasteiger partial charge < -0.3 is 5.32 Å². The van der Waals surface area contributed by atoms with E-state index < -0.39 is 0 Å². The molecule has 2 rings (SSSR count). The summed E-state index contributed by atoms with van der Waals surface area (Å²) in [6.45, 7) is 2.23. The Bertz CT molecular complexity index is 312. The fraction of sp³-hybridized carbons (Fsp3) is 0.714. The van der Waals surface area contributed by atoms with Gasteiger partial charge in [0, 0.05) is 6.04 Å². The maximum atomic E-state index is 3.50. The van der Waals surface area contributed by atoms with E-state index in [1.54, 1.807) is 0 Å². The summed E-state index contributed by atoms with van der Waals surface area (Å²) in [5, 5.41) is 8.08. The lowest BCUT2D eigenvalue weighted by molar-refractivity contribution is 0.305. The van der Waals surface area contributed by atoms with E-state index in [1.165, 1.54) is 49.7 Å². The molecule has 0 amide bonds. The molecular formula is C14H23NS. The second-order valence-corrected chi connectivity index (χ2v) is 5.83. The average Bonchev–Trinajstić information content (AvgIpc) is 2.74. The highest BCUT2D eigenvalue weighted by Crippen LogP contribution is 2.33. The number of thiophene rings is 1. The van der Waals surface area contributed by atoms with E-state index in [4.69, 9.17) is 0 Å². The maximum Gasteiger partial charge on any atom is 0.0331 e. The van der Waals surface area contributed by atoms with Crippen molar-refractivity contribution in [3.63, 3.8) is 0 Å². The minimum atomic E-state index is 0.578. The highest BCUT2D eigenvalue weighted by atomic mass is 32.1. The third-order valence-corrected chi connectivity index (χ3v) is 4.79. The van der Waals surface area contributed by atoms with Gasteiger partial charge in [0.2, 0.25) is 0 Å². The molecule has 1 nitrogen and oxygen atoms in total. The zero-order chi connectivity index (χ0) is 11.4. The second-order valence-electron chi connectivity index (χ2n) is 5.09. The molecule has 90 valence electrons. The second kappa shape index (κ2) is 5.83. The lowest BCUT2D eigenvalue weighted by Gasteiger charge is -2.26. The largest absolute Gasteiger partial charge is 0.313 e. The third-order valence-electron chi connectivity index (χ3n) is 3.91. The van der Waals surface area contributed by atoms with Gasteiger partial charge in [-0.15, -0.1) is 0 Å². The molecule has 0 spiro atoms. The Morgan fingerprint density at radius 2 is 2.06 bits per heavy atom. The van der Waals surface area contributed by atoms with Crippen molar-refractivity contribution < 1.29 is 0 Å². The molecule has 1 aliphatic rings. The van der Waals surface area contributed by atoms with Crippen LogP contribution >= 0.6 is 11.3 Å². The van der Waals surface area contributed by atoms with Gasteiger partial charge in [-0.2, -0.15) is 11.3 Å². The molecule has 0 radical (unpaired) electrons. The summed E-state index contributed by atoms with van der Waals surface area (Å²) in [4.78, 5) is 0. The first-order valence-electron chi connectivity index (χ1n) is 6.51. The zero-order valence-corrected chi connectivity index (χ0v) is 11.3. The first-order valence-corrected chi connectivity index (χ1v) is 7.45. The molecule has 1 aromatic heterocycles. The number of aryl methyl sites for hydroxylation is 1. The van der Waals surface area contributed by atoms with Crippen LogP contribution in [-0.2, 0) is 0 Å². The van der Waals surface area contributed by atoms with Crippen LogP contribution in [0.3, 0.4) is 0 Å². The van der Waals surface area contributed by atoms with E-state index in [0.29, 0.717) is 6.04 Å². The quantitative estimate of drug-likeness (QED) is 0.824. The van der Waals surface area contributed by atoms with Crippen LogP contribution in [0.1, 0.15) is 55.7 Å². The zero-order valence-electron chi connectivity index (χ0n) is 10.5. The molecule has 1 heterocycles. The van der Waals surface area contributed by atoms with Crippen LogP contribution in [-0.4, -0.2) is 7.05 Å². The van der Waals surface area contributed by atoms with Crippen molar-refractivity contribution in [2.45, 2.75) is 51.5 Å². The third kappa shape index (κ3) is 2.86. The van der Waals surface area contributed by atoms with Crippen molar-refractivity contribution in [1.29, 1.82) is 0 Å². The van der Waals surface area contributed by atoms with E-state index in [1.807, 2.05) is 11.3 Å². The summed E-state index contributed by atoms with van der Waals surface area (Å²) in [6.07, 6.45) is 8.57. The molecule has 0 aromatic carbocycles. The molecule has 1 aliphatic carbocycles. The number of hydrogen-bond donors (Lipinski definition) is 1. The summed E-state index contributed by atoms with van der Waals surface area (Å²) in [7, 11) is 2.10. The van der Waals surface area contributed by atoms with Gasteiger partial charge in [0.05, 0.1) is 0 Å². The molecule has 1 atom stereocenters. The van der Waals surface area contributed by atoms with Crippen molar-refractivity contribution in [3.8, 4) is 0 Å². The molecule has 1 saturated carbocycles. The van der Waals surface area contributed by atoms with E-state index in [0.717, 1.165) is 5.92 Å². The molecule has 16 heavy (non-hydrogen) atoms. The topological polar surface area (TPSA) is 12.0 Å². The summed E-state index contributed by atoms with van der Waals surface area (Å²) < 4.78 is 0. The molecular weight excluding hydrogens is 214 g/mol. The Balaban J connectivity index is 1.97. The van der Waals surface area contributed by atoms with Crippen LogP contribution in [0.15, 0.2) is 10.8 Å². The van der Waals surface area contributed by atoms with Gasteiger partial charge in [-0.05, 0) is 48.2 Å².